The highest BCUT2D eigenvalue weighted by atomic mass is 79.9. The predicted octanol–water partition coefficient (Wildman–Crippen LogP) is 3.80. The minimum Gasteiger partial charge on any atom is -0.330 e. The van der Waals surface area contributed by atoms with Crippen molar-refractivity contribution in [2.75, 3.05) is 6.54 Å². The molecule has 1 heterocycles. The number of benzene rings is 1. The molecule has 1 unspecified atom stereocenters. The second-order valence-electron chi connectivity index (χ2n) is 3.82. The van der Waals surface area contributed by atoms with Gasteiger partial charge >= 0.3 is 0 Å². The third-order valence-corrected chi connectivity index (χ3v) is 3.95. The summed E-state index contributed by atoms with van der Waals surface area (Å²) in [5.41, 5.74) is 8.55. The van der Waals surface area contributed by atoms with Crippen LogP contribution in [0.25, 0.3) is 0 Å². The largest absolute Gasteiger partial charge is 0.330 e. The highest BCUT2D eigenvalue weighted by molar-refractivity contribution is 9.10. The van der Waals surface area contributed by atoms with Crippen LogP contribution in [0.5, 0.6) is 0 Å². The molecule has 0 saturated heterocycles. The van der Waals surface area contributed by atoms with Crippen molar-refractivity contribution < 1.29 is 0 Å². The van der Waals surface area contributed by atoms with E-state index >= 15 is 0 Å². The van der Waals surface area contributed by atoms with Gasteiger partial charge in [-0.1, -0.05) is 28.1 Å². The zero-order valence-corrected chi connectivity index (χ0v) is 11.3. The number of halogens is 1. The SMILES string of the molecule is NCC(Cc1ccsc1)c1ccc(Br)cc1. The summed E-state index contributed by atoms with van der Waals surface area (Å²) in [5.74, 6) is 0.419. The molecule has 0 bridgehead atoms. The standard InChI is InChI=1S/C13H14BrNS/c14-13-3-1-11(2-4-13)12(8-15)7-10-5-6-16-9-10/h1-6,9,12H,7-8,15H2. The molecule has 2 N–H and O–H groups in total. The highest BCUT2D eigenvalue weighted by Gasteiger charge is 2.10. The molecule has 84 valence electrons. The van der Waals surface area contributed by atoms with Crippen molar-refractivity contribution >= 4 is 27.3 Å². The third kappa shape index (κ3) is 2.94. The summed E-state index contributed by atoms with van der Waals surface area (Å²) in [5, 5.41) is 4.31. The summed E-state index contributed by atoms with van der Waals surface area (Å²) in [4.78, 5) is 0. The van der Waals surface area contributed by atoms with Crippen LogP contribution in [0.2, 0.25) is 0 Å². The molecule has 2 aromatic rings. The van der Waals surface area contributed by atoms with Crippen LogP contribution in [0, 0.1) is 0 Å². The van der Waals surface area contributed by atoms with E-state index in [2.05, 4.69) is 57.0 Å². The van der Waals surface area contributed by atoms with Crippen LogP contribution >= 0.6 is 27.3 Å². The van der Waals surface area contributed by atoms with Gasteiger partial charge in [0.2, 0.25) is 0 Å². The Hall–Kier alpha value is -0.640. The van der Waals surface area contributed by atoms with Crippen molar-refractivity contribution in [3.8, 4) is 0 Å². The van der Waals surface area contributed by atoms with Crippen LogP contribution in [0.3, 0.4) is 0 Å². The minimum absolute atomic E-state index is 0.419. The minimum atomic E-state index is 0.419. The molecule has 2 rings (SSSR count). The summed E-state index contributed by atoms with van der Waals surface area (Å²) >= 11 is 5.19. The molecule has 3 heteroatoms. The normalized spacial score (nSPS) is 12.6. The molecule has 16 heavy (non-hydrogen) atoms. The average Bonchev–Trinajstić information content (AvgIpc) is 2.80. The lowest BCUT2D eigenvalue weighted by Gasteiger charge is -2.14. The van der Waals surface area contributed by atoms with Gasteiger partial charge in [-0.25, -0.2) is 0 Å². The zero-order valence-electron chi connectivity index (χ0n) is 8.90. The fourth-order valence-corrected chi connectivity index (χ4v) is 2.71. The molecule has 1 atom stereocenters. The van der Waals surface area contributed by atoms with E-state index in [0.717, 1.165) is 10.9 Å². The lowest BCUT2D eigenvalue weighted by atomic mass is 9.93. The van der Waals surface area contributed by atoms with Gasteiger partial charge in [-0.05, 0) is 53.1 Å². The Labute approximate surface area is 108 Å². The number of nitrogens with two attached hydrogens (primary N) is 1. The van der Waals surface area contributed by atoms with E-state index in [4.69, 9.17) is 5.73 Å². The topological polar surface area (TPSA) is 26.0 Å². The van der Waals surface area contributed by atoms with Crippen molar-refractivity contribution in [2.45, 2.75) is 12.3 Å². The molecule has 1 nitrogen and oxygen atoms in total. The van der Waals surface area contributed by atoms with Gasteiger partial charge in [0, 0.05) is 10.4 Å². The van der Waals surface area contributed by atoms with Gasteiger partial charge < -0.3 is 5.73 Å². The van der Waals surface area contributed by atoms with Gasteiger partial charge in [0.05, 0.1) is 0 Å². The zero-order chi connectivity index (χ0) is 11.4. The lowest BCUT2D eigenvalue weighted by molar-refractivity contribution is 0.696. The second-order valence-corrected chi connectivity index (χ2v) is 5.52. The maximum Gasteiger partial charge on any atom is 0.0175 e. The number of hydrogen-bond acceptors (Lipinski definition) is 2. The maximum absolute atomic E-state index is 5.85. The summed E-state index contributed by atoms with van der Waals surface area (Å²) in [7, 11) is 0. The fraction of sp³-hybridized carbons (Fsp3) is 0.231. The van der Waals surface area contributed by atoms with Crippen molar-refractivity contribution in [3.05, 3.63) is 56.7 Å². The molecule has 0 radical (unpaired) electrons. The summed E-state index contributed by atoms with van der Waals surface area (Å²) in [6.45, 7) is 0.692. The molecule has 0 aliphatic heterocycles. The molecule has 0 fully saturated rings. The summed E-state index contributed by atoms with van der Waals surface area (Å²) in [6, 6.07) is 10.6. The van der Waals surface area contributed by atoms with E-state index in [1.807, 2.05) is 0 Å². The van der Waals surface area contributed by atoms with E-state index in [9.17, 15) is 0 Å². The fourth-order valence-electron chi connectivity index (χ4n) is 1.77. The third-order valence-electron chi connectivity index (χ3n) is 2.69. The first-order chi connectivity index (χ1) is 7.79. The molecule has 0 aliphatic rings. The second kappa shape index (κ2) is 5.62. The van der Waals surface area contributed by atoms with Crippen molar-refractivity contribution in [3.63, 3.8) is 0 Å². The molecular formula is C13H14BrNS. The van der Waals surface area contributed by atoms with Crippen molar-refractivity contribution in [1.82, 2.24) is 0 Å². The van der Waals surface area contributed by atoms with E-state index in [0.29, 0.717) is 12.5 Å². The Balaban J connectivity index is 2.13. The van der Waals surface area contributed by atoms with Gasteiger partial charge in [-0.2, -0.15) is 11.3 Å². The Bertz CT molecular complexity index is 422. The van der Waals surface area contributed by atoms with E-state index in [-0.39, 0.29) is 0 Å². The van der Waals surface area contributed by atoms with Crippen molar-refractivity contribution in [1.29, 1.82) is 0 Å². The molecular weight excluding hydrogens is 282 g/mol. The Morgan fingerprint density at radius 2 is 1.94 bits per heavy atom. The quantitative estimate of drug-likeness (QED) is 0.912. The first kappa shape index (κ1) is 11.8. The van der Waals surface area contributed by atoms with Gasteiger partial charge in [-0.3, -0.25) is 0 Å². The van der Waals surface area contributed by atoms with Gasteiger partial charge in [0.1, 0.15) is 0 Å². The Morgan fingerprint density at radius 3 is 2.50 bits per heavy atom. The van der Waals surface area contributed by atoms with Crippen LogP contribution in [0.15, 0.2) is 45.6 Å². The van der Waals surface area contributed by atoms with Gasteiger partial charge in [0.25, 0.3) is 0 Å². The van der Waals surface area contributed by atoms with Crippen LogP contribution in [-0.2, 0) is 6.42 Å². The lowest BCUT2D eigenvalue weighted by Crippen LogP contribution is -2.14. The molecule has 1 aromatic carbocycles. The van der Waals surface area contributed by atoms with Gasteiger partial charge in [0.15, 0.2) is 0 Å². The van der Waals surface area contributed by atoms with Crippen LogP contribution in [-0.4, -0.2) is 6.54 Å². The molecule has 0 spiro atoms. The average molecular weight is 296 g/mol. The monoisotopic (exact) mass is 295 g/mol. The molecule has 1 aromatic heterocycles. The molecule has 0 saturated carbocycles. The van der Waals surface area contributed by atoms with E-state index in [1.165, 1.54) is 11.1 Å². The Morgan fingerprint density at radius 1 is 1.19 bits per heavy atom. The number of hydrogen-bond donors (Lipinski definition) is 1. The van der Waals surface area contributed by atoms with Crippen LogP contribution < -0.4 is 5.73 Å². The summed E-state index contributed by atoms with van der Waals surface area (Å²) < 4.78 is 1.11. The van der Waals surface area contributed by atoms with Gasteiger partial charge in [-0.15, -0.1) is 0 Å². The smallest absolute Gasteiger partial charge is 0.0175 e. The predicted molar refractivity (Wildman–Crippen MR) is 74.0 cm³/mol. The number of rotatable bonds is 4. The first-order valence-electron chi connectivity index (χ1n) is 5.26. The maximum atomic E-state index is 5.85. The van der Waals surface area contributed by atoms with Crippen LogP contribution in [0.4, 0.5) is 0 Å². The highest BCUT2D eigenvalue weighted by Crippen LogP contribution is 2.22. The Kier molecular flexibility index (Phi) is 4.16. The van der Waals surface area contributed by atoms with E-state index < -0.39 is 0 Å². The summed E-state index contributed by atoms with van der Waals surface area (Å²) in [6.07, 6.45) is 1.03. The molecule has 0 aliphatic carbocycles. The van der Waals surface area contributed by atoms with Crippen LogP contribution in [0.1, 0.15) is 17.0 Å². The first-order valence-corrected chi connectivity index (χ1v) is 7.00. The number of thiophene rings is 1. The van der Waals surface area contributed by atoms with E-state index in [1.54, 1.807) is 11.3 Å². The molecule has 0 amide bonds. The van der Waals surface area contributed by atoms with Crippen molar-refractivity contribution in [2.24, 2.45) is 5.73 Å².